The molecule has 0 fully saturated rings. The Bertz CT molecular complexity index is 423. The number of hydrogen-bond acceptors (Lipinski definition) is 3. The number of nitrogens with zero attached hydrogens (tertiary/aromatic N) is 1. The quantitative estimate of drug-likeness (QED) is 0.812. The van der Waals surface area contributed by atoms with E-state index in [0.29, 0.717) is 0 Å². The number of amides is 1. The number of aryl methyl sites for hydroxylation is 1. The molecule has 0 radical (unpaired) electrons. The molecule has 0 aliphatic rings. The van der Waals surface area contributed by atoms with Crippen LogP contribution in [-0.2, 0) is 9.59 Å². The topological polar surface area (TPSA) is 57.6 Å². The zero-order chi connectivity index (χ0) is 12.1. The molecule has 1 N–H and O–H groups in total. The lowest BCUT2D eigenvalue weighted by atomic mass is 10.3. The second-order valence-electron chi connectivity index (χ2n) is 3.39. The van der Waals surface area contributed by atoms with Crippen molar-refractivity contribution in [2.75, 3.05) is 13.6 Å². The number of carbonyl (C=O) groups excluding carboxylic acids is 1. The van der Waals surface area contributed by atoms with Crippen molar-refractivity contribution in [2.45, 2.75) is 6.92 Å². The Balaban J connectivity index is 2.61. The molecule has 86 valence electrons. The first kappa shape index (κ1) is 12.4. The summed E-state index contributed by atoms with van der Waals surface area (Å²) in [6, 6.07) is 1.97. The molecule has 0 spiro atoms. The van der Waals surface area contributed by atoms with Crippen LogP contribution in [0.1, 0.15) is 10.4 Å². The maximum Gasteiger partial charge on any atom is 0.323 e. The third kappa shape index (κ3) is 3.51. The predicted molar refractivity (Wildman–Crippen MR) is 63.4 cm³/mol. The number of rotatable bonds is 4. The Hall–Kier alpha value is -1.62. The molecule has 1 aromatic rings. The van der Waals surface area contributed by atoms with E-state index in [-0.39, 0.29) is 12.5 Å². The minimum absolute atomic E-state index is 0.285. The highest BCUT2D eigenvalue weighted by molar-refractivity contribution is 7.11. The lowest BCUT2D eigenvalue weighted by Crippen LogP contribution is -2.30. The number of carboxylic acids is 1. The molecule has 1 aromatic heterocycles. The van der Waals surface area contributed by atoms with Crippen LogP contribution in [0.5, 0.6) is 0 Å². The van der Waals surface area contributed by atoms with Crippen LogP contribution in [0.15, 0.2) is 17.5 Å². The van der Waals surface area contributed by atoms with Crippen molar-refractivity contribution in [1.29, 1.82) is 0 Å². The molecule has 0 unspecified atom stereocenters. The van der Waals surface area contributed by atoms with Gasteiger partial charge >= 0.3 is 5.97 Å². The van der Waals surface area contributed by atoms with Crippen LogP contribution in [0.4, 0.5) is 0 Å². The van der Waals surface area contributed by atoms with Gasteiger partial charge in [0.05, 0.1) is 0 Å². The van der Waals surface area contributed by atoms with E-state index < -0.39 is 5.97 Å². The molecule has 1 heterocycles. The fraction of sp³-hybridized carbons (Fsp3) is 0.273. The standard InChI is InChI=1S/C11H13NO3S/c1-8-5-6-16-9(8)3-4-10(13)12(2)7-11(14)15/h3-6H,7H2,1-2H3,(H,14,15)/b4-3+. The van der Waals surface area contributed by atoms with E-state index in [4.69, 9.17) is 5.11 Å². The summed E-state index contributed by atoms with van der Waals surface area (Å²) in [6.07, 6.45) is 3.10. The summed E-state index contributed by atoms with van der Waals surface area (Å²) >= 11 is 1.54. The van der Waals surface area contributed by atoms with Crippen LogP contribution in [0.25, 0.3) is 6.08 Å². The van der Waals surface area contributed by atoms with Gasteiger partial charge in [-0.15, -0.1) is 11.3 Å². The number of carboxylic acid groups (broad SMARTS) is 1. The van der Waals surface area contributed by atoms with Crippen molar-refractivity contribution in [2.24, 2.45) is 0 Å². The molecule has 0 aliphatic carbocycles. The molecule has 0 saturated heterocycles. The normalized spacial score (nSPS) is 10.6. The highest BCUT2D eigenvalue weighted by Crippen LogP contribution is 2.16. The van der Waals surface area contributed by atoms with E-state index in [2.05, 4.69) is 0 Å². The summed E-state index contributed by atoms with van der Waals surface area (Å²) in [6.45, 7) is 1.67. The van der Waals surface area contributed by atoms with Gasteiger partial charge in [-0.2, -0.15) is 0 Å². The van der Waals surface area contributed by atoms with Crippen LogP contribution in [0, 0.1) is 6.92 Å². The summed E-state index contributed by atoms with van der Waals surface area (Å²) < 4.78 is 0. The van der Waals surface area contributed by atoms with Crippen molar-refractivity contribution in [1.82, 2.24) is 4.90 Å². The Morgan fingerprint density at radius 2 is 2.25 bits per heavy atom. The van der Waals surface area contributed by atoms with E-state index in [1.165, 1.54) is 13.1 Å². The van der Waals surface area contributed by atoms with Gasteiger partial charge in [0.15, 0.2) is 0 Å². The third-order valence-corrected chi connectivity index (χ3v) is 3.01. The van der Waals surface area contributed by atoms with E-state index in [1.807, 2.05) is 18.4 Å². The minimum Gasteiger partial charge on any atom is -0.480 e. The minimum atomic E-state index is -1.02. The van der Waals surface area contributed by atoms with Crippen LogP contribution in [-0.4, -0.2) is 35.5 Å². The monoisotopic (exact) mass is 239 g/mol. The second kappa shape index (κ2) is 5.46. The predicted octanol–water partition coefficient (Wildman–Crippen LogP) is 1.61. The van der Waals surface area contributed by atoms with Crippen molar-refractivity contribution < 1.29 is 14.7 Å². The van der Waals surface area contributed by atoms with Gasteiger partial charge in [-0.25, -0.2) is 0 Å². The van der Waals surface area contributed by atoms with E-state index in [0.717, 1.165) is 15.3 Å². The maximum atomic E-state index is 11.5. The number of carbonyl (C=O) groups is 2. The zero-order valence-electron chi connectivity index (χ0n) is 9.14. The molecule has 0 atom stereocenters. The smallest absolute Gasteiger partial charge is 0.323 e. The fourth-order valence-electron chi connectivity index (χ4n) is 1.11. The van der Waals surface area contributed by atoms with Gasteiger partial charge in [-0.1, -0.05) is 0 Å². The Morgan fingerprint density at radius 3 is 2.75 bits per heavy atom. The molecular formula is C11H13NO3S. The summed E-state index contributed by atoms with van der Waals surface area (Å²) in [7, 11) is 1.46. The van der Waals surface area contributed by atoms with E-state index >= 15 is 0 Å². The Morgan fingerprint density at radius 1 is 1.56 bits per heavy atom. The molecule has 4 nitrogen and oxygen atoms in total. The lowest BCUT2D eigenvalue weighted by molar-refractivity contribution is -0.141. The molecule has 1 amide bonds. The average Bonchev–Trinajstić information content (AvgIpc) is 2.59. The van der Waals surface area contributed by atoms with Gasteiger partial charge in [0, 0.05) is 18.0 Å². The molecule has 0 bridgehead atoms. The molecule has 16 heavy (non-hydrogen) atoms. The molecule has 5 heteroatoms. The van der Waals surface area contributed by atoms with Crippen LogP contribution < -0.4 is 0 Å². The van der Waals surface area contributed by atoms with Gasteiger partial charge in [-0.3, -0.25) is 9.59 Å². The SMILES string of the molecule is Cc1ccsc1/C=C/C(=O)N(C)CC(=O)O. The molecule has 0 saturated carbocycles. The Kier molecular flexibility index (Phi) is 4.25. The summed E-state index contributed by atoms with van der Waals surface area (Å²) in [5.41, 5.74) is 1.11. The number of hydrogen-bond donors (Lipinski definition) is 1. The average molecular weight is 239 g/mol. The second-order valence-corrected chi connectivity index (χ2v) is 4.34. The first-order valence-electron chi connectivity index (χ1n) is 4.69. The van der Waals surface area contributed by atoms with Crippen molar-refractivity contribution in [3.05, 3.63) is 28.0 Å². The summed E-state index contributed by atoms with van der Waals surface area (Å²) in [4.78, 5) is 24.0. The van der Waals surface area contributed by atoms with Crippen LogP contribution in [0.2, 0.25) is 0 Å². The summed E-state index contributed by atoms with van der Waals surface area (Å²) in [5.74, 6) is -1.33. The van der Waals surface area contributed by atoms with Crippen molar-refractivity contribution >= 4 is 29.3 Å². The van der Waals surface area contributed by atoms with Crippen molar-refractivity contribution in [3.8, 4) is 0 Å². The van der Waals surface area contributed by atoms with Gasteiger partial charge < -0.3 is 10.0 Å². The fourth-order valence-corrected chi connectivity index (χ4v) is 1.93. The van der Waals surface area contributed by atoms with Gasteiger partial charge in [-0.05, 0) is 30.0 Å². The van der Waals surface area contributed by atoms with Crippen molar-refractivity contribution in [3.63, 3.8) is 0 Å². The highest BCUT2D eigenvalue weighted by Gasteiger charge is 2.08. The molecule has 0 aromatic carbocycles. The van der Waals surface area contributed by atoms with Gasteiger partial charge in [0.1, 0.15) is 6.54 Å². The number of aliphatic carboxylic acids is 1. The van der Waals surface area contributed by atoms with E-state index in [9.17, 15) is 9.59 Å². The molecule has 1 rings (SSSR count). The first-order chi connectivity index (χ1) is 7.50. The van der Waals surface area contributed by atoms with Gasteiger partial charge in [0.25, 0.3) is 0 Å². The first-order valence-corrected chi connectivity index (χ1v) is 5.57. The number of likely N-dealkylation sites (N-methyl/N-ethyl adjacent to an activating group) is 1. The largest absolute Gasteiger partial charge is 0.480 e. The van der Waals surface area contributed by atoms with Crippen LogP contribution in [0.3, 0.4) is 0 Å². The van der Waals surface area contributed by atoms with Gasteiger partial charge in [0.2, 0.25) is 5.91 Å². The molecule has 0 aliphatic heterocycles. The number of thiophene rings is 1. The van der Waals surface area contributed by atoms with E-state index in [1.54, 1.807) is 17.4 Å². The summed E-state index contributed by atoms with van der Waals surface area (Å²) in [5, 5.41) is 10.5. The molecular weight excluding hydrogens is 226 g/mol. The Labute approximate surface area is 97.8 Å². The zero-order valence-corrected chi connectivity index (χ0v) is 9.95. The highest BCUT2D eigenvalue weighted by atomic mass is 32.1. The van der Waals surface area contributed by atoms with Crippen LogP contribution >= 0.6 is 11.3 Å². The lowest BCUT2D eigenvalue weighted by Gasteiger charge is -2.10. The maximum absolute atomic E-state index is 11.5. The third-order valence-electron chi connectivity index (χ3n) is 2.03.